The van der Waals surface area contributed by atoms with E-state index in [9.17, 15) is 9.59 Å². The molecule has 0 bridgehead atoms. The Morgan fingerprint density at radius 1 is 1.28 bits per heavy atom. The highest BCUT2D eigenvalue weighted by molar-refractivity contribution is 5.77. The second-order valence-corrected chi connectivity index (χ2v) is 5.11. The molecular formula is C13H22N2O3. The molecule has 102 valence electrons. The van der Waals surface area contributed by atoms with Gasteiger partial charge in [0.25, 0.3) is 0 Å². The fourth-order valence-corrected chi connectivity index (χ4v) is 2.58. The van der Waals surface area contributed by atoms with Crippen molar-refractivity contribution < 1.29 is 14.3 Å². The van der Waals surface area contributed by atoms with Gasteiger partial charge in [-0.05, 0) is 19.3 Å². The molecule has 0 aromatic carbocycles. The van der Waals surface area contributed by atoms with Crippen molar-refractivity contribution in [2.45, 2.75) is 51.0 Å². The molecule has 2 fully saturated rings. The van der Waals surface area contributed by atoms with Gasteiger partial charge in [-0.25, -0.2) is 4.79 Å². The third-order valence-corrected chi connectivity index (χ3v) is 3.64. The molecule has 0 unspecified atom stereocenters. The van der Waals surface area contributed by atoms with Gasteiger partial charge in [0.15, 0.2) is 0 Å². The van der Waals surface area contributed by atoms with E-state index in [1.165, 1.54) is 19.3 Å². The van der Waals surface area contributed by atoms with Crippen LogP contribution in [0.1, 0.15) is 44.9 Å². The van der Waals surface area contributed by atoms with E-state index in [4.69, 9.17) is 4.74 Å². The van der Waals surface area contributed by atoms with E-state index in [1.54, 1.807) is 4.90 Å². The Hall–Kier alpha value is -1.26. The normalized spacial score (nSPS) is 21.6. The first-order valence-electron chi connectivity index (χ1n) is 6.97. The van der Waals surface area contributed by atoms with E-state index in [0.717, 1.165) is 19.3 Å². The molecular weight excluding hydrogens is 232 g/mol. The first-order chi connectivity index (χ1) is 8.75. The smallest absolute Gasteiger partial charge is 0.409 e. The molecule has 0 radical (unpaired) electrons. The lowest BCUT2D eigenvalue weighted by molar-refractivity contribution is -0.122. The van der Waals surface area contributed by atoms with Crippen molar-refractivity contribution in [3.05, 3.63) is 0 Å². The summed E-state index contributed by atoms with van der Waals surface area (Å²) in [5.74, 6) is 0.0558. The average Bonchev–Trinajstić information content (AvgIpc) is 2.39. The summed E-state index contributed by atoms with van der Waals surface area (Å²) in [6, 6.07) is 0.347. The highest BCUT2D eigenvalue weighted by Crippen LogP contribution is 2.17. The van der Waals surface area contributed by atoms with E-state index in [0.29, 0.717) is 32.2 Å². The molecule has 2 rings (SSSR count). The first kappa shape index (κ1) is 13.2. The Kier molecular flexibility index (Phi) is 4.84. The molecule has 5 heteroatoms. The molecule has 5 nitrogen and oxygen atoms in total. The molecule has 1 aliphatic heterocycles. The molecule has 0 aromatic rings. The van der Waals surface area contributed by atoms with E-state index in [2.05, 4.69) is 5.32 Å². The molecule has 1 saturated heterocycles. The summed E-state index contributed by atoms with van der Waals surface area (Å²) in [5.41, 5.74) is 0. The Bertz CT molecular complexity index is 301. The number of amides is 2. The van der Waals surface area contributed by atoms with Gasteiger partial charge in [-0.1, -0.05) is 19.3 Å². The number of nitrogens with one attached hydrogen (secondary N) is 1. The zero-order chi connectivity index (χ0) is 12.8. The van der Waals surface area contributed by atoms with Crippen molar-refractivity contribution >= 4 is 12.0 Å². The van der Waals surface area contributed by atoms with Crippen molar-refractivity contribution in [1.29, 1.82) is 0 Å². The monoisotopic (exact) mass is 254 g/mol. The average molecular weight is 254 g/mol. The number of hydrogen-bond acceptors (Lipinski definition) is 3. The maximum Gasteiger partial charge on any atom is 0.409 e. The van der Waals surface area contributed by atoms with Crippen LogP contribution in [-0.2, 0) is 9.53 Å². The minimum atomic E-state index is -0.285. The van der Waals surface area contributed by atoms with Crippen molar-refractivity contribution in [1.82, 2.24) is 10.2 Å². The van der Waals surface area contributed by atoms with Gasteiger partial charge in [-0.15, -0.1) is 0 Å². The van der Waals surface area contributed by atoms with Crippen LogP contribution in [0.3, 0.4) is 0 Å². The molecule has 1 saturated carbocycles. The summed E-state index contributed by atoms with van der Waals surface area (Å²) in [6.07, 6.45) is 6.85. The second kappa shape index (κ2) is 6.61. The Balaban J connectivity index is 1.65. The van der Waals surface area contributed by atoms with Gasteiger partial charge in [0.2, 0.25) is 5.91 Å². The second-order valence-electron chi connectivity index (χ2n) is 5.11. The van der Waals surface area contributed by atoms with Crippen LogP contribution in [0.2, 0.25) is 0 Å². The standard InChI is InChI=1S/C13H22N2O3/c16-12(14-11-5-2-1-3-6-11)7-9-15-8-4-10-18-13(15)17/h11H,1-10H2,(H,14,16). The van der Waals surface area contributed by atoms with E-state index >= 15 is 0 Å². The van der Waals surface area contributed by atoms with Crippen LogP contribution in [0.25, 0.3) is 0 Å². The molecule has 0 aromatic heterocycles. The maximum absolute atomic E-state index is 11.8. The summed E-state index contributed by atoms with van der Waals surface area (Å²) in [7, 11) is 0. The maximum atomic E-state index is 11.8. The number of carbonyl (C=O) groups is 2. The van der Waals surface area contributed by atoms with E-state index in [1.807, 2.05) is 0 Å². The lowest BCUT2D eigenvalue weighted by Crippen LogP contribution is -2.42. The van der Waals surface area contributed by atoms with Crippen LogP contribution in [0.5, 0.6) is 0 Å². The number of hydrogen-bond donors (Lipinski definition) is 1. The highest BCUT2D eigenvalue weighted by Gasteiger charge is 2.21. The van der Waals surface area contributed by atoms with Gasteiger partial charge in [0, 0.05) is 25.6 Å². The van der Waals surface area contributed by atoms with Crippen molar-refractivity contribution in [3.63, 3.8) is 0 Å². The first-order valence-corrected chi connectivity index (χ1v) is 6.97. The highest BCUT2D eigenvalue weighted by atomic mass is 16.6. The van der Waals surface area contributed by atoms with Gasteiger partial charge in [-0.3, -0.25) is 4.79 Å². The van der Waals surface area contributed by atoms with E-state index < -0.39 is 0 Å². The lowest BCUT2D eigenvalue weighted by atomic mass is 9.95. The summed E-state index contributed by atoms with van der Waals surface area (Å²) in [5, 5.41) is 3.06. The largest absolute Gasteiger partial charge is 0.449 e. The Labute approximate surface area is 108 Å². The van der Waals surface area contributed by atoms with Crippen molar-refractivity contribution in [2.75, 3.05) is 19.7 Å². The SMILES string of the molecule is O=C(CCN1CCCOC1=O)NC1CCCCC1. The summed E-state index contributed by atoms with van der Waals surface area (Å²) in [4.78, 5) is 24.8. The van der Waals surface area contributed by atoms with Gasteiger partial charge in [0.05, 0.1) is 6.61 Å². The minimum absolute atomic E-state index is 0.0558. The van der Waals surface area contributed by atoms with Crippen molar-refractivity contribution in [2.24, 2.45) is 0 Å². The third kappa shape index (κ3) is 3.89. The van der Waals surface area contributed by atoms with Crippen LogP contribution in [0.4, 0.5) is 4.79 Å². The van der Waals surface area contributed by atoms with Crippen LogP contribution in [0, 0.1) is 0 Å². The molecule has 2 amide bonds. The van der Waals surface area contributed by atoms with Gasteiger partial charge in [0.1, 0.15) is 0 Å². The number of ether oxygens (including phenoxy) is 1. The predicted molar refractivity (Wildman–Crippen MR) is 67.2 cm³/mol. The number of nitrogens with zero attached hydrogens (tertiary/aromatic N) is 1. The molecule has 18 heavy (non-hydrogen) atoms. The van der Waals surface area contributed by atoms with Crippen molar-refractivity contribution in [3.8, 4) is 0 Å². The summed E-state index contributed by atoms with van der Waals surface area (Å²) >= 11 is 0. The lowest BCUT2D eigenvalue weighted by Gasteiger charge is -2.27. The predicted octanol–water partition coefficient (Wildman–Crippen LogP) is 1.67. The van der Waals surface area contributed by atoms with Crippen LogP contribution in [-0.4, -0.2) is 42.6 Å². The van der Waals surface area contributed by atoms with E-state index in [-0.39, 0.29) is 12.0 Å². The molecule has 1 N–H and O–H groups in total. The number of carbonyl (C=O) groups excluding carboxylic acids is 2. The summed E-state index contributed by atoms with van der Waals surface area (Å²) in [6.45, 7) is 1.68. The number of rotatable bonds is 4. The Morgan fingerprint density at radius 2 is 2.06 bits per heavy atom. The van der Waals surface area contributed by atoms with Gasteiger partial charge >= 0.3 is 6.09 Å². The van der Waals surface area contributed by atoms with Crippen LogP contribution < -0.4 is 5.32 Å². The zero-order valence-corrected chi connectivity index (χ0v) is 10.8. The van der Waals surface area contributed by atoms with Crippen LogP contribution in [0.15, 0.2) is 0 Å². The quantitative estimate of drug-likeness (QED) is 0.830. The zero-order valence-electron chi connectivity index (χ0n) is 10.8. The molecule has 1 aliphatic carbocycles. The fourth-order valence-electron chi connectivity index (χ4n) is 2.58. The molecule has 0 atom stereocenters. The topological polar surface area (TPSA) is 58.6 Å². The molecule has 2 aliphatic rings. The van der Waals surface area contributed by atoms with Gasteiger partial charge in [-0.2, -0.15) is 0 Å². The third-order valence-electron chi connectivity index (χ3n) is 3.64. The van der Waals surface area contributed by atoms with Gasteiger partial charge < -0.3 is 15.0 Å². The Morgan fingerprint density at radius 3 is 2.78 bits per heavy atom. The van der Waals surface area contributed by atoms with Crippen LogP contribution >= 0.6 is 0 Å². The minimum Gasteiger partial charge on any atom is -0.449 e. The summed E-state index contributed by atoms with van der Waals surface area (Å²) < 4.78 is 4.93. The molecule has 0 spiro atoms. The fraction of sp³-hybridized carbons (Fsp3) is 0.846. The molecule has 1 heterocycles. The number of cyclic esters (lactones) is 1.